The summed E-state index contributed by atoms with van der Waals surface area (Å²) in [5.41, 5.74) is 4.50. The van der Waals surface area contributed by atoms with E-state index in [-0.39, 0.29) is 0 Å². The van der Waals surface area contributed by atoms with E-state index in [1.54, 1.807) is 11.1 Å². The maximum absolute atomic E-state index is 3.99. The highest BCUT2D eigenvalue weighted by atomic mass is 14.3. The molecule has 0 aromatic carbocycles. The molecule has 1 atom stereocenters. The lowest BCUT2D eigenvalue weighted by molar-refractivity contribution is 0.430. The first-order chi connectivity index (χ1) is 7.06. The van der Waals surface area contributed by atoms with Crippen LogP contribution in [0.25, 0.3) is 0 Å². The molecule has 0 aromatic rings. The zero-order valence-corrected chi connectivity index (χ0v) is 10.5. The molecule has 0 heterocycles. The van der Waals surface area contributed by atoms with Gasteiger partial charge in [0.05, 0.1) is 0 Å². The van der Waals surface area contributed by atoms with E-state index in [9.17, 15) is 0 Å². The molecule has 1 aliphatic rings. The van der Waals surface area contributed by atoms with E-state index in [2.05, 4.69) is 33.9 Å². The number of hydrogen-bond donors (Lipinski definition) is 0. The average Bonchev–Trinajstić information content (AvgIpc) is 2.56. The van der Waals surface area contributed by atoms with Crippen LogP contribution in [0.2, 0.25) is 0 Å². The van der Waals surface area contributed by atoms with E-state index < -0.39 is 0 Å². The molecule has 15 heavy (non-hydrogen) atoms. The Bertz CT molecular complexity index is 278. The largest absolute Gasteiger partial charge is 0.0988 e. The van der Waals surface area contributed by atoms with Gasteiger partial charge in [0.1, 0.15) is 0 Å². The van der Waals surface area contributed by atoms with E-state index in [0.29, 0.717) is 0 Å². The Morgan fingerprint density at radius 1 is 1.53 bits per heavy atom. The third kappa shape index (κ3) is 3.09. The summed E-state index contributed by atoms with van der Waals surface area (Å²) in [4.78, 5) is 0. The van der Waals surface area contributed by atoms with Crippen molar-refractivity contribution in [1.29, 1.82) is 0 Å². The molecule has 0 amide bonds. The molecule has 84 valence electrons. The fourth-order valence-electron chi connectivity index (χ4n) is 2.56. The first-order valence-electron chi connectivity index (χ1n) is 6.05. The highest BCUT2D eigenvalue weighted by Crippen LogP contribution is 2.39. The van der Waals surface area contributed by atoms with Crippen molar-refractivity contribution in [3.63, 3.8) is 0 Å². The topological polar surface area (TPSA) is 0 Å². The summed E-state index contributed by atoms with van der Waals surface area (Å²) >= 11 is 0. The molecular weight excluding hydrogens is 180 g/mol. The Kier molecular flexibility index (Phi) is 4.38. The van der Waals surface area contributed by atoms with Crippen molar-refractivity contribution in [2.45, 2.75) is 46.5 Å². The summed E-state index contributed by atoms with van der Waals surface area (Å²) in [6, 6.07) is 0. The van der Waals surface area contributed by atoms with E-state index in [1.807, 2.05) is 6.08 Å². The minimum atomic E-state index is 0.787. The van der Waals surface area contributed by atoms with Gasteiger partial charge in [-0.05, 0) is 44.4 Å². The third-order valence-corrected chi connectivity index (χ3v) is 3.63. The molecule has 1 aliphatic carbocycles. The Labute approximate surface area is 94.8 Å². The molecule has 0 aromatic heterocycles. The molecule has 1 unspecified atom stereocenters. The molecule has 0 radical (unpaired) electrons. The third-order valence-electron chi connectivity index (χ3n) is 3.63. The normalized spacial score (nSPS) is 21.2. The predicted molar refractivity (Wildman–Crippen MR) is 68.8 cm³/mol. The summed E-state index contributed by atoms with van der Waals surface area (Å²) in [5.74, 6) is 1.61. The fraction of sp³-hybridized carbons (Fsp3) is 0.600. The molecule has 0 saturated heterocycles. The molecule has 0 N–H and O–H groups in total. The van der Waals surface area contributed by atoms with Gasteiger partial charge in [-0.25, -0.2) is 0 Å². The molecule has 0 spiro atoms. The van der Waals surface area contributed by atoms with E-state index >= 15 is 0 Å². The van der Waals surface area contributed by atoms with Crippen molar-refractivity contribution in [1.82, 2.24) is 0 Å². The number of allylic oxidation sites excluding steroid dienone is 4. The maximum atomic E-state index is 3.99. The van der Waals surface area contributed by atoms with Gasteiger partial charge in [0, 0.05) is 0 Å². The smallest absolute Gasteiger partial charge is 0.0174 e. The van der Waals surface area contributed by atoms with Gasteiger partial charge in [0.2, 0.25) is 0 Å². The highest BCUT2D eigenvalue weighted by molar-refractivity contribution is 5.24. The Morgan fingerprint density at radius 3 is 2.73 bits per heavy atom. The van der Waals surface area contributed by atoms with E-state index in [0.717, 1.165) is 18.3 Å². The van der Waals surface area contributed by atoms with Gasteiger partial charge in [-0.3, -0.25) is 0 Å². The number of hydrogen-bond acceptors (Lipinski definition) is 0. The quantitative estimate of drug-likeness (QED) is 0.442. The van der Waals surface area contributed by atoms with Crippen LogP contribution < -0.4 is 0 Å². The standard InChI is InChI=1S/C15H24/c1-6-12(4)7-9-15-13(5)8-10-14(15)11(2)3/h6,11,14H,1,4,7-10H2,2-3,5H3. The van der Waals surface area contributed by atoms with Crippen LogP contribution in [0.4, 0.5) is 0 Å². The summed E-state index contributed by atoms with van der Waals surface area (Å²) < 4.78 is 0. The summed E-state index contributed by atoms with van der Waals surface area (Å²) in [6.07, 6.45) is 6.83. The second-order valence-electron chi connectivity index (χ2n) is 5.06. The SMILES string of the molecule is C=CC(=C)CCC1=C(C)CCC1C(C)C. The van der Waals surface area contributed by atoms with Crippen LogP contribution in [-0.2, 0) is 0 Å². The van der Waals surface area contributed by atoms with Gasteiger partial charge in [0.15, 0.2) is 0 Å². The minimum Gasteiger partial charge on any atom is -0.0988 e. The van der Waals surface area contributed by atoms with Gasteiger partial charge >= 0.3 is 0 Å². The van der Waals surface area contributed by atoms with Crippen molar-refractivity contribution in [2.24, 2.45) is 11.8 Å². The highest BCUT2D eigenvalue weighted by Gasteiger charge is 2.25. The Balaban J connectivity index is 2.61. The van der Waals surface area contributed by atoms with E-state index in [4.69, 9.17) is 0 Å². The lowest BCUT2D eigenvalue weighted by Crippen LogP contribution is -2.08. The van der Waals surface area contributed by atoms with Gasteiger partial charge in [0.25, 0.3) is 0 Å². The van der Waals surface area contributed by atoms with Crippen LogP contribution in [0.3, 0.4) is 0 Å². The van der Waals surface area contributed by atoms with Crippen LogP contribution in [0.15, 0.2) is 36.0 Å². The van der Waals surface area contributed by atoms with Gasteiger partial charge in [-0.1, -0.05) is 49.8 Å². The van der Waals surface area contributed by atoms with Crippen LogP contribution in [0.1, 0.15) is 46.5 Å². The lowest BCUT2D eigenvalue weighted by atomic mass is 9.86. The zero-order chi connectivity index (χ0) is 11.4. The van der Waals surface area contributed by atoms with Gasteiger partial charge < -0.3 is 0 Å². The second-order valence-corrected chi connectivity index (χ2v) is 5.06. The van der Waals surface area contributed by atoms with Crippen LogP contribution in [-0.4, -0.2) is 0 Å². The molecule has 1 rings (SSSR count). The Hall–Kier alpha value is -0.780. The van der Waals surface area contributed by atoms with Crippen molar-refractivity contribution in [2.75, 3.05) is 0 Å². The second kappa shape index (κ2) is 5.34. The first kappa shape index (κ1) is 12.3. The van der Waals surface area contributed by atoms with Crippen LogP contribution in [0, 0.1) is 11.8 Å². The lowest BCUT2D eigenvalue weighted by Gasteiger charge is -2.19. The summed E-state index contributed by atoms with van der Waals surface area (Å²) in [5, 5.41) is 0. The summed E-state index contributed by atoms with van der Waals surface area (Å²) in [7, 11) is 0. The maximum Gasteiger partial charge on any atom is -0.0174 e. The van der Waals surface area contributed by atoms with Gasteiger partial charge in [-0.2, -0.15) is 0 Å². The van der Waals surface area contributed by atoms with Crippen LogP contribution >= 0.6 is 0 Å². The van der Waals surface area contributed by atoms with Crippen molar-refractivity contribution in [3.8, 4) is 0 Å². The van der Waals surface area contributed by atoms with Crippen molar-refractivity contribution < 1.29 is 0 Å². The zero-order valence-electron chi connectivity index (χ0n) is 10.5. The van der Waals surface area contributed by atoms with Crippen molar-refractivity contribution >= 4 is 0 Å². The molecule has 0 saturated carbocycles. The van der Waals surface area contributed by atoms with Crippen LogP contribution in [0.5, 0.6) is 0 Å². The molecule has 0 aliphatic heterocycles. The molecule has 0 nitrogen and oxygen atoms in total. The fourth-order valence-corrected chi connectivity index (χ4v) is 2.56. The molecule has 0 heteroatoms. The molecular formula is C15H24. The Morgan fingerprint density at radius 2 is 2.20 bits per heavy atom. The summed E-state index contributed by atoms with van der Waals surface area (Å²) in [6.45, 7) is 14.7. The molecule has 0 fully saturated rings. The predicted octanol–water partition coefficient (Wildman–Crippen LogP) is 4.89. The number of rotatable bonds is 5. The first-order valence-corrected chi connectivity index (χ1v) is 6.05. The van der Waals surface area contributed by atoms with E-state index in [1.165, 1.54) is 24.8 Å². The minimum absolute atomic E-state index is 0.787. The monoisotopic (exact) mass is 204 g/mol. The van der Waals surface area contributed by atoms with Gasteiger partial charge in [-0.15, -0.1) is 0 Å². The van der Waals surface area contributed by atoms with Crippen molar-refractivity contribution in [3.05, 3.63) is 36.0 Å². The molecule has 0 bridgehead atoms. The average molecular weight is 204 g/mol.